The molecule has 0 unspecified atom stereocenters. The van der Waals surface area contributed by atoms with E-state index in [1.165, 1.54) is 30.6 Å². The Labute approximate surface area is 170 Å². The second kappa shape index (κ2) is 10.9. The van der Waals surface area contributed by atoms with Gasteiger partial charge in [-0.25, -0.2) is 0 Å². The second-order valence-corrected chi connectivity index (χ2v) is 8.13. The summed E-state index contributed by atoms with van der Waals surface area (Å²) in [6.07, 6.45) is 5.31. The molecular formula is C22H36N4O2. The Balaban J connectivity index is 1.83. The molecule has 0 bridgehead atoms. The number of hydrogen-bond donors (Lipinski definition) is 1. The molecule has 1 fully saturated rings. The van der Waals surface area contributed by atoms with Gasteiger partial charge in [-0.2, -0.15) is 0 Å². The molecule has 6 heteroatoms. The van der Waals surface area contributed by atoms with Crippen LogP contribution >= 0.6 is 0 Å². The van der Waals surface area contributed by atoms with Crippen LogP contribution in [0.2, 0.25) is 0 Å². The topological polar surface area (TPSA) is 57.2 Å². The van der Waals surface area contributed by atoms with Gasteiger partial charge in [0, 0.05) is 41.3 Å². The molecule has 6 nitrogen and oxygen atoms in total. The summed E-state index contributed by atoms with van der Waals surface area (Å²) in [6.45, 7) is 4.11. The highest BCUT2D eigenvalue weighted by molar-refractivity contribution is 5.79. The highest BCUT2D eigenvalue weighted by atomic mass is 16.5. The molecule has 1 N–H and O–H groups in total. The van der Waals surface area contributed by atoms with Crippen LogP contribution < -0.4 is 10.1 Å². The van der Waals surface area contributed by atoms with Crippen molar-refractivity contribution in [1.29, 1.82) is 0 Å². The minimum atomic E-state index is -0.0531. The average Bonchev–Trinajstić information content (AvgIpc) is 2.68. The van der Waals surface area contributed by atoms with Crippen molar-refractivity contribution >= 4 is 11.9 Å². The van der Waals surface area contributed by atoms with E-state index in [2.05, 4.69) is 29.2 Å². The van der Waals surface area contributed by atoms with Crippen molar-refractivity contribution < 1.29 is 9.53 Å². The number of aliphatic imine (C=N–C) groups is 1. The van der Waals surface area contributed by atoms with Gasteiger partial charge in [-0.15, -0.1) is 0 Å². The van der Waals surface area contributed by atoms with Gasteiger partial charge in [-0.05, 0) is 42.4 Å². The van der Waals surface area contributed by atoms with Crippen molar-refractivity contribution in [2.24, 2.45) is 16.8 Å². The van der Waals surface area contributed by atoms with Crippen LogP contribution in [0.3, 0.4) is 0 Å². The molecular weight excluding hydrogens is 352 g/mol. The largest absolute Gasteiger partial charge is 0.484 e. The predicted octanol–water partition coefficient (Wildman–Crippen LogP) is 2.99. The average molecular weight is 389 g/mol. The standard InChI is InChI=1S/C22H36N4O2/c1-17-9-11-18(12-10-17)15-26(5)22(23-2)24-14-19-7-6-8-20(13-19)28-16-21(27)25(3)4/h6-8,13,17-18H,9-12,14-16H2,1-5H3,(H,23,24). The molecule has 0 atom stereocenters. The Morgan fingerprint density at radius 1 is 1.21 bits per heavy atom. The summed E-state index contributed by atoms with van der Waals surface area (Å²) >= 11 is 0. The first-order valence-electron chi connectivity index (χ1n) is 10.2. The van der Waals surface area contributed by atoms with E-state index < -0.39 is 0 Å². The van der Waals surface area contributed by atoms with E-state index in [-0.39, 0.29) is 12.5 Å². The molecule has 1 aromatic rings. The number of hydrogen-bond acceptors (Lipinski definition) is 3. The molecule has 156 valence electrons. The van der Waals surface area contributed by atoms with Crippen molar-refractivity contribution in [3.8, 4) is 5.75 Å². The van der Waals surface area contributed by atoms with Crippen LogP contribution in [0, 0.1) is 11.8 Å². The second-order valence-electron chi connectivity index (χ2n) is 8.13. The van der Waals surface area contributed by atoms with Crippen LogP contribution in [0.4, 0.5) is 0 Å². The Bertz CT molecular complexity index is 652. The lowest BCUT2D eigenvalue weighted by atomic mass is 9.83. The maximum absolute atomic E-state index is 11.7. The number of likely N-dealkylation sites (N-methyl/N-ethyl adjacent to an activating group) is 1. The fourth-order valence-corrected chi connectivity index (χ4v) is 3.57. The van der Waals surface area contributed by atoms with Crippen LogP contribution in [-0.2, 0) is 11.3 Å². The fraction of sp³-hybridized carbons (Fsp3) is 0.636. The first kappa shape index (κ1) is 22.1. The number of rotatable bonds is 7. The number of benzene rings is 1. The van der Waals surface area contributed by atoms with Gasteiger partial charge in [0.25, 0.3) is 5.91 Å². The summed E-state index contributed by atoms with van der Waals surface area (Å²) < 4.78 is 5.60. The van der Waals surface area contributed by atoms with E-state index in [0.29, 0.717) is 12.3 Å². The maximum Gasteiger partial charge on any atom is 0.259 e. The lowest BCUT2D eigenvalue weighted by Crippen LogP contribution is -2.41. The number of nitrogens with one attached hydrogen (secondary N) is 1. The lowest BCUT2D eigenvalue weighted by molar-refractivity contribution is -0.130. The Hall–Kier alpha value is -2.24. The van der Waals surface area contributed by atoms with Crippen molar-refractivity contribution in [1.82, 2.24) is 15.1 Å². The number of nitrogens with zero attached hydrogens (tertiary/aromatic N) is 3. The van der Waals surface area contributed by atoms with Gasteiger partial charge in [-0.3, -0.25) is 9.79 Å². The zero-order chi connectivity index (χ0) is 20.5. The van der Waals surface area contributed by atoms with Crippen molar-refractivity contribution in [2.45, 2.75) is 39.2 Å². The smallest absolute Gasteiger partial charge is 0.259 e. The molecule has 0 spiro atoms. The van der Waals surface area contributed by atoms with E-state index >= 15 is 0 Å². The lowest BCUT2D eigenvalue weighted by Gasteiger charge is -2.31. The van der Waals surface area contributed by atoms with Crippen molar-refractivity contribution in [3.05, 3.63) is 29.8 Å². The summed E-state index contributed by atoms with van der Waals surface area (Å²) in [5, 5.41) is 3.44. The van der Waals surface area contributed by atoms with Gasteiger partial charge in [0.15, 0.2) is 12.6 Å². The molecule has 1 aliphatic rings. The first-order chi connectivity index (χ1) is 13.4. The van der Waals surface area contributed by atoms with Crippen LogP contribution in [0.1, 0.15) is 38.2 Å². The molecule has 0 aromatic heterocycles. The summed E-state index contributed by atoms with van der Waals surface area (Å²) in [7, 11) is 7.39. The normalized spacial score (nSPS) is 19.8. The third-order valence-electron chi connectivity index (χ3n) is 5.45. The summed E-state index contributed by atoms with van der Waals surface area (Å²) in [5.41, 5.74) is 1.09. The number of ether oxygens (including phenoxy) is 1. The highest BCUT2D eigenvalue weighted by Crippen LogP contribution is 2.28. The molecule has 2 rings (SSSR count). The third-order valence-corrected chi connectivity index (χ3v) is 5.45. The zero-order valence-electron chi connectivity index (χ0n) is 18.1. The quantitative estimate of drug-likeness (QED) is 0.576. The minimum absolute atomic E-state index is 0.0499. The Morgan fingerprint density at radius 2 is 1.93 bits per heavy atom. The van der Waals surface area contributed by atoms with Crippen molar-refractivity contribution in [2.75, 3.05) is 41.3 Å². The van der Waals surface area contributed by atoms with E-state index in [0.717, 1.165) is 29.9 Å². The van der Waals surface area contributed by atoms with Crippen LogP contribution in [0.15, 0.2) is 29.3 Å². The summed E-state index contributed by atoms with van der Waals surface area (Å²) in [4.78, 5) is 19.9. The SMILES string of the molecule is CN=C(NCc1cccc(OCC(=O)N(C)C)c1)N(C)CC1CCC(C)CC1. The van der Waals surface area contributed by atoms with E-state index in [9.17, 15) is 4.79 Å². The summed E-state index contributed by atoms with van der Waals surface area (Å²) in [6, 6.07) is 7.83. The maximum atomic E-state index is 11.7. The summed E-state index contributed by atoms with van der Waals surface area (Å²) in [5.74, 6) is 3.19. The van der Waals surface area contributed by atoms with Gasteiger partial charge in [0.2, 0.25) is 0 Å². The number of carbonyl (C=O) groups is 1. The Morgan fingerprint density at radius 3 is 2.57 bits per heavy atom. The monoisotopic (exact) mass is 388 g/mol. The zero-order valence-corrected chi connectivity index (χ0v) is 18.1. The van der Waals surface area contributed by atoms with E-state index in [1.54, 1.807) is 14.1 Å². The first-order valence-corrected chi connectivity index (χ1v) is 10.2. The number of guanidine groups is 1. The molecule has 1 aromatic carbocycles. The minimum Gasteiger partial charge on any atom is -0.484 e. The van der Waals surface area contributed by atoms with E-state index in [4.69, 9.17) is 4.74 Å². The fourth-order valence-electron chi connectivity index (χ4n) is 3.57. The number of amides is 1. The molecule has 28 heavy (non-hydrogen) atoms. The number of carbonyl (C=O) groups excluding carboxylic acids is 1. The molecule has 0 saturated heterocycles. The van der Waals surface area contributed by atoms with Gasteiger partial charge in [0.1, 0.15) is 5.75 Å². The molecule has 0 radical (unpaired) electrons. The van der Waals surface area contributed by atoms with E-state index in [1.807, 2.05) is 31.3 Å². The molecule has 1 amide bonds. The van der Waals surface area contributed by atoms with Gasteiger partial charge >= 0.3 is 0 Å². The molecule has 1 saturated carbocycles. The van der Waals surface area contributed by atoms with Gasteiger partial charge in [-0.1, -0.05) is 31.9 Å². The van der Waals surface area contributed by atoms with Gasteiger partial charge < -0.3 is 19.9 Å². The highest BCUT2D eigenvalue weighted by Gasteiger charge is 2.20. The van der Waals surface area contributed by atoms with Crippen LogP contribution in [0.5, 0.6) is 5.75 Å². The molecule has 0 aliphatic heterocycles. The molecule has 1 aliphatic carbocycles. The predicted molar refractivity (Wildman–Crippen MR) is 115 cm³/mol. The molecule has 0 heterocycles. The van der Waals surface area contributed by atoms with Gasteiger partial charge in [0.05, 0.1) is 0 Å². The third kappa shape index (κ3) is 7.06. The van der Waals surface area contributed by atoms with Crippen LogP contribution in [0.25, 0.3) is 0 Å². The van der Waals surface area contributed by atoms with Crippen molar-refractivity contribution in [3.63, 3.8) is 0 Å². The van der Waals surface area contributed by atoms with Crippen LogP contribution in [-0.4, -0.2) is 63.0 Å². The Kier molecular flexibility index (Phi) is 8.61.